The molecule has 27 heavy (non-hydrogen) atoms. The Morgan fingerprint density at radius 1 is 0.889 bits per heavy atom. The fourth-order valence-electron chi connectivity index (χ4n) is 2.64. The second-order valence-electron chi connectivity index (χ2n) is 5.40. The molecule has 4 aromatic rings. The lowest BCUT2D eigenvalue weighted by molar-refractivity contribution is -0.389. The minimum absolute atomic E-state index is 0.107. The van der Waals surface area contributed by atoms with Crippen LogP contribution in [0.1, 0.15) is 6.42 Å². The summed E-state index contributed by atoms with van der Waals surface area (Å²) in [5.74, 6) is 0.203. The Balaban J connectivity index is 1.38. The average molecular weight is 408 g/mol. The van der Waals surface area contributed by atoms with Crippen molar-refractivity contribution >= 4 is 55.9 Å². The van der Waals surface area contributed by atoms with Gasteiger partial charge >= 0.3 is 11.6 Å². The van der Waals surface area contributed by atoms with Crippen molar-refractivity contribution in [2.24, 2.45) is 0 Å². The Labute approximate surface area is 158 Å². The van der Waals surface area contributed by atoms with Crippen molar-refractivity contribution in [2.75, 3.05) is 23.7 Å². The number of aromatic nitrogens is 4. The van der Waals surface area contributed by atoms with Gasteiger partial charge in [-0.25, -0.2) is 0 Å². The molecule has 4 rings (SSSR count). The molecule has 0 spiro atoms. The van der Waals surface area contributed by atoms with E-state index in [1.54, 1.807) is 23.2 Å². The number of nitro groups is 2. The molecular formula is C13H12N8O4S2. The zero-order valence-corrected chi connectivity index (χ0v) is 15.2. The number of imidazole rings is 2. The summed E-state index contributed by atoms with van der Waals surface area (Å²) in [6.07, 6.45) is 3.76. The lowest BCUT2D eigenvalue weighted by Crippen LogP contribution is -2.11. The average Bonchev–Trinajstić information content (AvgIpc) is 3.32. The molecule has 0 unspecified atom stereocenters. The highest BCUT2D eigenvalue weighted by atomic mass is 32.1. The number of nitrogens with one attached hydrogen (secondary N) is 2. The Hall–Kier alpha value is -3.26. The van der Waals surface area contributed by atoms with Gasteiger partial charge in [-0.05, 0) is 16.3 Å². The maximum absolute atomic E-state index is 11.3. The van der Waals surface area contributed by atoms with Crippen molar-refractivity contribution in [3.05, 3.63) is 43.4 Å². The fourth-order valence-corrected chi connectivity index (χ4v) is 4.05. The van der Waals surface area contributed by atoms with E-state index in [4.69, 9.17) is 0 Å². The largest absolute Gasteiger partial charge is 0.372 e. The van der Waals surface area contributed by atoms with Crippen LogP contribution in [0.3, 0.4) is 0 Å². The molecule has 4 aromatic heterocycles. The number of rotatable bonds is 8. The van der Waals surface area contributed by atoms with E-state index in [0.717, 1.165) is 0 Å². The van der Waals surface area contributed by atoms with Crippen LogP contribution >= 0.6 is 22.7 Å². The van der Waals surface area contributed by atoms with E-state index < -0.39 is 9.85 Å². The van der Waals surface area contributed by atoms with Gasteiger partial charge in [0.25, 0.3) is 9.92 Å². The molecule has 2 N–H and O–H groups in total. The van der Waals surface area contributed by atoms with Gasteiger partial charge in [0.15, 0.2) is 0 Å². The molecule has 14 heteroatoms. The van der Waals surface area contributed by atoms with Gasteiger partial charge in [-0.15, -0.1) is 0 Å². The van der Waals surface area contributed by atoms with Crippen molar-refractivity contribution < 1.29 is 9.85 Å². The second kappa shape index (κ2) is 6.81. The van der Waals surface area contributed by atoms with Gasteiger partial charge in [-0.1, -0.05) is 22.7 Å². The number of hydrogen-bond donors (Lipinski definition) is 2. The van der Waals surface area contributed by atoms with E-state index in [9.17, 15) is 20.2 Å². The van der Waals surface area contributed by atoms with Crippen molar-refractivity contribution in [2.45, 2.75) is 6.42 Å². The summed E-state index contributed by atoms with van der Waals surface area (Å²) in [6.45, 7) is 0.823. The van der Waals surface area contributed by atoms with Crippen LogP contribution in [0, 0.1) is 20.2 Å². The first kappa shape index (κ1) is 17.2. The van der Waals surface area contributed by atoms with E-state index in [2.05, 4.69) is 20.6 Å². The molecule has 0 saturated carbocycles. The number of thiazole rings is 2. The molecule has 0 bridgehead atoms. The minimum atomic E-state index is -0.478. The van der Waals surface area contributed by atoms with Crippen molar-refractivity contribution in [3.63, 3.8) is 0 Å². The Kier molecular flexibility index (Phi) is 4.33. The molecule has 0 fully saturated rings. The molecule has 0 aliphatic heterocycles. The standard InChI is InChI=1S/C13H12N8O4S2/c22-20(23)10-8(16-12-18(10)4-6-26-12)14-2-1-3-15-9-11(21(24)25)19-5-7-27-13(19)17-9/h4-7,14-15H,1-3H2. The summed E-state index contributed by atoms with van der Waals surface area (Å²) in [7, 11) is 0. The number of nitrogens with zero attached hydrogens (tertiary/aromatic N) is 6. The quantitative estimate of drug-likeness (QED) is 0.257. The predicted molar refractivity (Wildman–Crippen MR) is 101 cm³/mol. The summed E-state index contributed by atoms with van der Waals surface area (Å²) in [6, 6.07) is 0. The first-order chi connectivity index (χ1) is 13.1. The van der Waals surface area contributed by atoms with E-state index >= 15 is 0 Å². The molecule has 0 radical (unpaired) electrons. The smallest absolute Gasteiger partial charge is 0.363 e. The molecule has 0 atom stereocenters. The van der Waals surface area contributed by atoms with Crippen LogP contribution < -0.4 is 10.6 Å². The maximum Gasteiger partial charge on any atom is 0.372 e. The minimum Gasteiger partial charge on any atom is -0.363 e. The van der Waals surface area contributed by atoms with E-state index in [1.165, 1.54) is 31.5 Å². The summed E-state index contributed by atoms with van der Waals surface area (Å²) in [4.78, 5) is 31.1. The summed E-state index contributed by atoms with van der Waals surface area (Å²) in [5.41, 5.74) is 0. The molecule has 0 amide bonds. The summed E-state index contributed by atoms with van der Waals surface area (Å²) in [5, 5.41) is 31.9. The highest BCUT2D eigenvalue weighted by Gasteiger charge is 2.24. The number of anilines is 2. The first-order valence-corrected chi connectivity index (χ1v) is 9.50. The highest BCUT2D eigenvalue weighted by Crippen LogP contribution is 2.29. The molecule has 12 nitrogen and oxygen atoms in total. The van der Waals surface area contributed by atoms with E-state index in [1.807, 2.05) is 0 Å². The molecule has 140 valence electrons. The molecule has 0 saturated heterocycles. The van der Waals surface area contributed by atoms with Gasteiger partial charge in [0.1, 0.15) is 12.4 Å². The Bertz CT molecular complexity index is 1050. The van der Waals surface area contributed by atoms with Crippen LogP contribution in [0.2, 0.25) is 0 Å². The molecule has 0 aromatic carbocycles. The van der Waals surface area contributed by atoms with E-state index in [0.29, 0.717) is 29.4 Å². The third-order valence-corrected chi connectivity index (χ3v) is 5.27. The maximum atomic E-state index is 11.3. The second-order valence-corrected chi connectivity index (χ2v) is 7.15. The van der Waals surface area contributed by atoms with Crippen LogP contribution in [0.4, 0.5) is 23.3 Å². The zero-order valence-electron chi connectivity index (χ0n) is 13.6. The number of hydrogen-bond acceptors (Lipinski definition) is 10. The molecule has 0 aliphatic rings. The van der Waals surface area contributed by atoms with Crippen LogP contribution in [0.5, 0.6) is 0 Å². The van der Waals surface area contributed by atoms with Gasteiger partial charge in [-0.2, -0.15) is 18.8 Å². The van der Waals surface area contributed by atoms with Gasteiger partial charge < -0.3 is 30.9 Å². The third-order valence-electron chi connectivity index (χ3n) is 3.76. The summed E-state index contributed by atoms with van der Waals surface area (Å²) >= 11 is 2.62. The van der Waals surface area contributed by atoms with Crippen LogP contribution in [-0.4, -0.2) is 41.7 Å². The lowest BCUT2D eigenvalue weighted by Gasteiger charge is -2.05. The fraction of sp³-hybridized carbons (Fsp3) is 0.231. The van der Waals surface area contributed by atoms with Crippen LogP contribution in [-0.2, 0) is 0 Å². The first-order valence-electron chi connectivity index (χ1n) is 7.74. The van der Waals surface area contributed by atoms with Gasteiger partial charge in [0.2, 0.25) is 11.6 Å². The molecule has 4 heterocycles. The SMILES string of the molecule is O=[N+]([O-])c1c(NCCCNc2nc3sccn3c2[N+](=O)[O-])nc2sccn12. The summed E-state index contributed by atoms with van der Waals surface area (Å²) < 4.78 is 2.85. The van der Waals surface area contributed by atoms with Gasteiger partial charge in [0.05, 0.1) is 0 Å². The lowest BCUT2D eigenvalue weighted by atomic mass is 10.4. The van der Waals surface area contributed by atoms with Crippen LogP contribution in [0.15, 0.2) is 23.2 Å². The highest BCUT2D eigenvalue weighted by molar-refractivity contribution is 7.15. The monoisotopic (exact) mass is 408 g/mol. The number of fused-ring (bicyclic) bond motifs is 2. The van der Waals surface area contributed by atoms with Crippen molar-refractivity contribution in [1.29, 1.82) is 0 Å². The van der Waals surface area contributed by atoms with Crippen LogP contribution in [0.25, 0.3) is 9.92 Å². The van der Waals surface area contributed by atoms with Crippen molar-refractivity contribution in [3.8, 4) is 0 Å². The topological polar surface area (TPSA) is 145 Å². The normalized spacial score (nSPS) is 11.3. The zero-order chi connectivity index (χ0) is 19.0. The van der Waals surface area contributed by atoms with Gasteiger partial charge in [-0.3, -0.25) is 0 Å². The Morgan fingerprint density at radius 3 is 1.74 bits per heavy atom. The van der Waals surface area contributed by atoms with Crippen molar-refractivity contribution in [1.82, 2.24) is 18.8 Å². The van der Waals surface area contributed by atoms with E-state index in [-0.39, 0.29) is 23.3 Å². The Morgan fingerprint density at radius 2 is 1.33 bits per heavy atom. The molecule has 0 aliphatic carbocycles. The predicted octanol–water partition coefficient (Wildman–Crippen LogP) is 2.84. The van der Waals surface area contributed by atoms with Gasteiger partial charge in [0, 0.05) is 23.8 Å². The molecular weight excluding hydrogens is 396 g/mol. The third kappa shape index (κ3) is 3.04.